The van der Waals surface area contributed by atoms with Crippen molar-refractivity contribution in [2.24, 2.45) is 5.73 Å². The van der Waals surface area contributed by atoms with Gasteiger partial charge >= 0.3 is 0 Å². The maximum absolute atomic E-state index is 6.10. The van der Waals surface area contributed by atoms with Crippen molar-refractivity contribution in [2.45, 2.75) is 37.8 Å². The van der Waals surface area contributed by atoms with Crippen LogP contribution < -0.4 is 21.5 Å². The summed E-state index contributed by atoms with van der Waals surface area (Å²) in [4.78, 5) is 4.35. The first-order valence-electron chi connectivity index (χ1n) is 8.57. The Bertz CT molecular complexity index is 855. The third kappa shape index (κ3) is 3.36. The molecule has 130 valence electrons. The molecular formula is C18H22N6O. The largest absolute Gasteiger partial charge is 0.473 e. The number of anilines is 3. The third-order valence-electron chi connectivity index (χ3n) is 4.53. The molecule has 1 aliphatic carbocycles. The summed E-state index contributed by atoms with van der Waals surface area (Å²) in [5, 5.41) is 7.85. The molecule has 0 aliphatic heterocycles. The van der Waals surface area contributed by atoms with Crippen LogP contribution in [0.25, 0.3) is 5.65 Å². The molecule has 25 heavy (non-hydrogen) atoms. The van der Waals surface area contributed by atoms with E-state index in [4.69, 9.17) is 16.2 Å². The van der Waals surface area contributed by atoms with Crippen molar-refractivity contribution in [3.8, 4) is 5.88 Å². The van der Waals surface area contributed by atoms with E-state index in [2.05, 4.69) is 15.4 Å². The summed E-state index contributed by atoms with van der Waals surface area (Å²) in [6.45, 7) is 0. The Morgan fingerprint density at radius 3 is 2.64 bits per heavy atom. The zero-order chi connectivity index (χ0) is 17.2. The number of imidazole rings is 1. The van der Waals surface area contributed by atoms with Gasteiger partial charge in [0.25, 0.3) is 0 Å². The van der Waals surface area contributed by atoms with Crippen molar-refractivity contribution in [1.82, 2.24) is 14.6 Å². The van der Waals surface area contributed by atoms with Gasteiger partial charge in [-0.05, 0) is 37.8 Å². The molecule has 0 spiro atoms. The van der Waals surface area contributed by atoms with Gasteiger partial charge in [-0.2, -0.15) is 4.52 Å². The van der Waals surface area contributed by atoms with Gasteiger partial charge in [-0.15, -0.1) is 5.10 Å². The lowest BCUT2D eigenvalue weighted by Crippen LogP contribution is -2.32. The average molecular weight is 338 g/mol. The van der Waals surface area contributed by atoms with Crippen LogP contribution in [0.3, 0.4) is 0 Å². The molecule has 1 saturated carbocycles. The van der Waals surface area contributed by atoms with Gasteiger partial charge in [0.05, 0.1) is 11.9 Å². The molecule has 7 heteroatoms. The van der Waals surface area contributed by atoms with Crippen LogP contribution in [0.5, 0.6) is 5.88 Å². The maximum Gasteiger partial charge on any atom is 0.234 e. The van der Waals surface area contributed by atoms with E-state index < -0.39 is 0 Å². The second-order valence-electron chi connectivity index (χ2n) is 6.46. The quantitative estimate of drug-likeness (QED) is 0.676. The molecule has 1 aromatic carbocycles. The molecule has 2 heterocycles. The van der Waals surface area contributed by atoms with Crippen LogP contribution in [0.1, 0.15) is 25.7 Å². The smallest absolute Gasteiger partial charge is 0.234 e. The Morgan fingerprint density at radius 2 is 1.88 bits per heavy atom. The van der Waals surface area contributed by atoms with Crippen LogP contribution in [0.2, 0.25) is 0 Å². The van der Waals surface area contributed by atoms with E-state index in [0.717, 1.165) is 37.1 Å². The number of aromatic nitrogens is 3. The van der Waals surface area contributed by atoms with Crippen LogP contribution in [0.4, 0.5) is 17.2 Å². The molecule has 0 atom stereocenters. The van der Waals surface area contributed by atoms with E-state index >= 15 is 0 Å². The van der Waals surface area contributed by atoms with Gasteiger partial charge in [0.1, 0.15) is 11.9 Å². The Morgan fingerprint density at radius 1 is 1.12 bits per heavy atom. The zero-order valence-corrected chi connectivity index (χ0v) is 13.9. The highest BCUT2D eigenvalue weighted by molar-refractivity contribution is 5.75. The Kier molecular flexibility index (Phi) is 4.15. The highest BCUT2D eigenvalue weighted by Gasteiger charge is 2.21. The van der Waals surface area contributed by atoms with Crippen molar-refractivity contribution in [1.29, 1.82) is 0 Å². The van der Waals surface area contributed by atoms with E-state index in [1.807, 2.05) is 36.4 Å². The average Bonchev–Trinajstić information content (AvgIpc) is 2.99. The van der Waals surface area contributed by atoms with Gasteiger partial charge in [0, 0.05) is 17.8 Å². The molecule has 5 N–H and O–H groups in total. The van der Waals surface area contributed by atoms with E-state index in [-0.39, 0.29) is 12.1 Å². The summed E-state index contributed by atoms with van der Waals surface area (Å²) in [6, 6.07) is 12.1. The van der Waals surface area contributed by atoms with Gasteiger partial charge in [0.15, 0.2) is 5.65 Å². The summed E-state index contributed by atoms with van der Waals surface area (Å²) in [6.07, 6.45) is 5.59. The molecule has 0 saturated heterocycles. The number of hydrogen-bond acceptors (Lipinski definition) is 6. The van der Waals surface area contributed by atoms with Gasteiger partial charge < -0.3 is 21.5 Å². The monoisotopic (exact) mass is 338 g/mol. The van der Waals surface area contributed by atoms with Crippen LogP contribution in [-0.2, 0) is 0 Å². The number of nitrogens with one attached hydrogen (secondary N) is 1. The Labute approximate surface area is 146 Å². The van der Waals surface area contributed by atoms with Crippen LogP contribution in [0, 0.1) is 0 Å². The number of nitrogens with two attached hydrogens (primary N) is 2. The minimum Gasteiger partial charge on any atom is -0.473 e. The fraction of sp³-hybridized carbons (Fsp3) is 0.333. The minimum atomic E-state index is 0.138. The molecule has 7 nitrogen and oxygen atoms in total. The van der Waals surface area contributed by atoms with Crippen molar-refractivity contribution in [2.75, 3.05) is 11.1 Å². The van der Waals surface area contributed by atoms with Gasteiger partial charge in [-0.25, -0.2) is 4.98 Å². The molecular weight excluding hydrogens is 316 g/mol. The predicted molar refractivity (Wildman–Crippen MR) is 98.0 cm³/mol. The minimum absolute atomic E-state index is 0.138. The first-order chi connectivity index (χ1) is 12.2. The third-order valence-corrected chi connectivity index (χ3v) is 4.53. The molecule has 3 aromatic rings. The lowest BCUT2D eigenvalue weighted by molar-refractivity contribution is 0.139. The lowest BCUT2D eigenvalue weighted by Gasteiger charge is -2.26. The number of hydrogen-bond donors (Lipinski definition) is 3. The van der Waals surface area contributed by atoms with Crippen molar-refractivity contribution in [3.05, 3.63) is 42.6 Å². The van der Waals surface area contributed by atoms with E-state index in [0.29, 0.717) is 17.3 Å². The summed E-state index contributed by atoms with van der Waals surface area (Å²) < 4.78 is 7.71. The standard InChI is InChI=1S/C18H22N6O/c19-12-6-8-14(9-7-12)25-17-10-15(22-13-4-2-1-3-5-13)18-21-11-16(20)24(18)23-17/h1-5,10-12,14,22H,6-9,19-20H2. The first-order valence-corrected chi connectivity index (χ1v) is 8.57. The van der Waals surface area contributed by atoms with E-state index in [1.165, 1.54) is 0 Å². The number of nitrogens with zero attached hydrogens (tertiary/aromatic N) is 3. The molecule has 1 fully saturated rings. The van der Waals surface area contributed by atoms with Gasteiger partial charge in [0.2, 0.25) is 5.88 Å². The van der Waals surface area contributed by atoms with Gasteiger partial charge in [-0.3, -0.25) is 0 Å². The van der Waals surface area contributed by atoms with Gasteiger partial charge in [-0.1, -0.05) is 18.2 Å². The van der Waals surface area contributed by atoms with Crippen molar-refractivity contribution in [3.63, 3.8) is 0 Å². The molecule has 0 radical (unpaired) electrons. The highest BCUT2D eigenvalue weighted by Crippen LogP contribution is 2.28. The second-order valence-corrected chi connectivity index (χ2v) is 6.46. The molecule has 4 rings (SSSR count). The maximum atomic E-state index is 6.10. The normalized spacial score (nSPS) is 20.5. The SMILES string of the molecule is Nc1cnc2c(Nc3ccccc3)cc(OC3CCC(N)CC3)nn12. The molecule has 0 amide bonds. The fourth-order valence-electron chi connectivity index (χ4n) is 3.17. The number of nitrogen functional groups attached to an aromatic ring is 1. The zero-order valence-electron chi connectivity index (χ0n) is 13.9. The fourth-order valence-corrected chi connectivity index (χ4v) is 3.17. The predicted octanol–water partition coefficient (Wildman–Crippen LogP) is 2.70. The van der Waals surface area contributed by atoms with Crippen molar-refractivity contribution >= 4 is 22.8 Å². The first kappa shape index (κ1) is 15.7. The number of benzene rings is 1. The lowest BCUT2D eigenvalue weighted by atomic mass is 9.94. The summed E-state index contributed by atoms with van der Waals surface area (Å²) in [5.74, 6) is 1.01. The number of para-hydroxylation sites is 1. The molecule has 2 aromatic heterocycles. The topological polar surface area (TPSA) is 103 Å². The highest BCUT2D eigenvalue weighted by atomic mass is 16.5. The second kappa shape index (κ2) is 6.60. The summed E-state index contributed by atoms with van der Waals surface area (Å²) in [5.41, 5.74) is 14.4. The Balaban J connectivity index is 1.64. The van der Waals surface area contributed by atoms with Crippen LogP contribution in [-0.4, -0.2) is 26.7 Å². The number of rotatable bonds is 4. The summed E-state index contributed by atoms with van der Waals surface area (Å²) >= 11 is 0. The van der Waals surface area contributed by atoms with Crippen molar-refractivity contribution < 1.29 is 4.74 Å². The molecule has 1 aliphatic rings. The molecule has 0 unspecified atom stereocenters. The number of fused-ring (bicyclic) bond motifs is 1. The molecule has 0 bridgehead atoms. The Hall–Kier alpha value is -2.80. The van der Waals surface area contributed by atoms with E-state index in [1.54, 1.807) is 10.7 Å². The van der Waals surface area contributed by atoms with Crippen LogP contribution >= 0.6 is 0 Å². The summed E-state index contributed by atoms with van der Waals surface area (Å²) in [7, 11) is 0. The number of ether oxygens (including phenoxy) is 1. The van der Waals surface area contributed by atoms with E-state index in [9.17, 15) is 0 Å². The van der Waals surface area contributed by atoms with Crippen LogP contribution in [0.15, 0.2) is 42.6 Å².